The van der Waals surface area contributed by atoms with Crippen molar-refractivity contribution in [3.63, 3.8) is 0 Å². The van der Waals surface area contributed by atoms with E-state index in [1.54, 1.807) is 0 Å². The summed E-state index contributed by atoms with van der Waals surface area (Å²) < 4.78 is 33.7. The van der Waals surface area contributed by atoms with Gasteiger partial charge in [-0.3, -0.25) is 9.05 Å². The van der Waals surface area contributed by atoms with Crippen molar-refractivity contribution in [3.8, 4) is 0 Å². The van der Waals surface area contributed by atoms with E-state index in [-0.39, 0.29) is 5.57 Å². The van der Waals surface area contributed by atoms with Crippen molar-refractivity contribution >= 4 is 21.6 Å². The van der Waals surface area contributed by atoms with Crippen molar-refractivity contribution in [1.82, 2.24) is 0 Å². The summed E-state index contributed by atoms with van der Waals surface area (Å²) in [5, 5.41) is 0. The maximum absolute atomic E-state index is 11.2. The molecule has 0 aromatic rings. The molecule has 0 bridgehead atoms. The highest BCUT2D eigenvalue weighted by atomic mass is 31.2. The highest BCUT2D eigenvalue weighted by molar-refractivity contribution is 7.46. The smallest absolute Gasteiger partial charge is 0.454 e. The van der Waals surface area contributed by atoms with E-state index in [1.165, 1.54) is 6.92 Å². The zero-order valence-corrected chi connectivity index (χ0v) is 11.6. The van der Waals surface area contributed by atoms with Crippen molar-refractivity contribution in [2.45, 2.75) is 13.0 Å². The van der Waals surface area contributed by atoms with Crippen molar-refractivity contribution in [2.75, 3.05) is 13.2 Å². The number of carbonyl (C=O) groups excluding carboxylic acids is 1. The lowest BCUT2D eigenvalue weighted by atomic mass is 10.3. The van der Waals surface area contributed by atoms with E-state index in [0.717, 1.165) is 0 Å². The lowest BCUT2D eigenvalue weighted by molar-refractivity contribution is -0.148. The van der Waals surface area contributed by atoms with E-state index in [9.17, 15) is 13.9 Å². The molecule has 0 amide bonds. The second kappa shape index (κ2) is 7.28. The van der Waals surface area contributed by atoms with Crippen LogP contribution in [0.5, 0.6) is 0 Å². The average molecular weight is 320 g/mol. The van der Waals surface area contributed by atoms with Gasteiger partial charge in [0.15, 0.2) is 0 Å². The normalized spacial score (nSPS) is 12.5. The molecule has 0 spiro atoms. The predicted molar refractivity (Wildman–Crippen MR) is 60.7 cm³/mol. The summed E-state index contributed by atoms with van der Waals surface area (Å²) in [6.07, 6.45) is -1.41. The van der Waals surface area contributed by atoms with E-state index >= 15 is 0 Å². The Bertz CT molecular complexity index is 394. The Balaban J connectivity index is 4.55. The van der Waals surface area contributed by atoms with Crippen LogP contribution in [0.3, 0.4) is 0 Å². The maximum Gasteiger partial charge on any atom is 0.469 e. The lowest BCUT2D eigenvalue weighted by Crippen LogP contribution is -2.28. The number of carbonyl (C=O) groups is 1. The fourth-order valence-corrected chi connectivity index (χ4v) is 1.45. The van der Waals surface area contributed by atoms with Gasteiger partial charge in [0.1, 0.15) is 6.10 Å². The van der Waals surface area contributed by atoms with E-state index in [0.29, 0.717) is 0 Å². The zero-order valence-electron chi connectivity index (χ0n) is 9.83. The van der Waals surface area contributed by atoms with Crippen LogP contribution in [-0.4, -0.2) is 44.9 Å². The Labute approximate surface area is 108 Å². The number of phosphoric acid groups is 2. The Morgan fingerprint density at radius 3 is 1.74 bits per heavy atom. The number of rotatable bonds is 8. The van der Waals surface area contributed by atoms with Crippen LogP contribution in [0, 0.1) is 0 Å². The summed E-state index contributed by atoms with van der Waals surface area (Å²) in [6.45, 7) is 2.97. The summed E-state index contributed by atoms with van der Waals surface area (Å²) in [6, 6.07) is 0. The highest BCUT2D eigenvalue weighted by Crippen LogP contribution is 2.38. The first-order chi connectivity index (χ1) is 8.41. The van der Waals surface area contributed by atoms with Gasteiger partial charge in [-0.2, -0.15) is 0 Å². The van der Waals surface area contributed by atoms with Gasteiger partial charge < -0.3 is 24.3 Å². The molecule has 10 nitrogen and oxygen atoms in total. The highest BCUT2D eigenvalue weighted by Gasteiger charge is 2.25. The summed E-state index contributed by atoms with van der Waals surface area (Å²) in [5.74, 6) is -0.923. The van der Waals surface area contributed by atoms with Gasteiger partial charge in [-0.25, -0.2) is 13.9 Å². The Morgan fingerprint density at radius 2 is 1.47 bits per heavy atom. The minimum Gasteiger partial charge on any atom is -0.454 e. The van der Waals surface area contributed by atoms with E-state index in [1.807, 2.05) is 0 Å². The number of esters is 1. The van der Waals surface area contributed by atoms with Gasteiger partial charge in [0.2, 0.25) is 0 Å². The first kappa shape index (κ1) is 18.4. The zero-order chi connectivity index (χ0) is 15.3. The van der Waals surface area contributed by atoms with Crippen LogP contribution >= 0.6 is 15.6 Å². The molecule has 0 saturated carbocycles. The van der Waals surface area contributed by atoms with Gasteiger partial charge in [-0.15, -0.1) is 0 Å². The third-order valence-corrected chi connectivity index (χ3v) is 2.45. The molecule has 112 valence electrons. The van der Waals surface area contributed by atoms with Crippen LogP contribution in [0.15, 0.2) is 12.2 Å². The second-order valence-electron chi connectivity index (χ2n) is 3.38. The van der Waals surface area contributed by atoms with Crippen molar-refractivity contribution in [3.05, 3.63) is 12.2 Å². The van der Waals surface area contributed by atoms with Gasteiger partial charge in [0.25, 0.3) is 0 Å². The van der Waals surface area contributed by atoms with E-state index in [2.05, 4.69) is 20.4 Å². The maximum atomic E-state index is 11.2. The van der Waals surface area contributed by atoms with E-state index in [4.69, 9.17) is 19.6 Å². The molecule has 0 aromatic heterocycles. The number of hydrogen-bond acceptors (Lipinski definition) is 6. The molecular weight excluding hydrogens is 306 g/mol. The SMILES string of the molecule is C=C(C)C(=O)OC(COP(=O)(O)O)COP(=O)(O)O. The molecule has 0 heterocycles. The number of hydrogen-bond donors (Lipinski definition) is 4. The van der Waals surface area contributed by atoms with Gasteiger partial charge >= 0.3 is 21.6 Å². The molecule has 0 radical (unpaired) electrons. The third-order valence-electron chi connectivity index (χ3n) is 1.48. The van der Waals surface area contributed by atoms with Crippen molar-refractivity contribution in [2.24, 2.45) is 0 Å². The molecule has 12 heteroatoms. The molecule has 0 saturated heterocycles. The molecule has 0 aliphatic rings. The van der Waals surface area contributed by atoms with Crippen LogP contribution in [0.1, 0.15) is 6.92 Å². The second-order valence-corrected chi connectivity index (χ2v) is 5.86. The largest absolute Gasteiger partial charge is 0.469 e. The van der Waals surface area contributed by atoms with Gasteiger partial charge in [0.05, 0.1) is 13.2 Å². The van der Waals surface area contributed by atoms with Gasteiger partial charge in [0, 0.05) is 5.57 Å². The Hall–Kier alpha value is -0.570. The summed E-state index contributed by atoms with van der Waals surface area (Å²) in [5.41, 5.74) is -0.0163. The first-order valence-corrected chi connectivity index (χ1v) is 7.73. The van der Waals surface area contributed by atoms with Crippen molar-refractivity contribution in [1.29, 1.82) is 0 Å². The number of phosphoric ester groups is 2. The van der Waals surface area contributed by atoms with Gasteiger partial charge in [-0.05, 0) is 6.92 Å². The molecular formula is C7H14O10P2. The molecule has 0 atom stereocenters. The molecule has 0 rings (SSSR count). The van der Waals surface area contributed by atoms with Crippen LogP contribution in [-0.2, 0) is 27.7 Å². The minimum absolute atomic E-state index is 0.0163. The molecule has 0 aliphatic carbocycles. The van der Waals surface area contributed by atoms with Crippen LogP contribution < -0.4 is 0 Å². The Morgan fingerprint density at radius 1 is 1.11 bits per heavy atom. The standard InChI is InChI=1S/C7H14O10P2/c1-5(2)7(8)17-6(3-15-18(9,10)11)4-16-19(12,13)14/h6H,1,3-4H2,2H3,(H2,9,10,11)(H2,12,13,14). The third kappa shape index (κ3) is 11.0. The molecule has 19 heavy (non-hydrogen) atoms. The molecule has 0 fully saturated rings. The summed E-state index contributed by atoms with van der Waals surface area (Å²) in [4.78, 5) is 45.1. The number of ether oxygens (including phenoxy) is 1. The average Bonchev–Trinajstić information content (AvgIpc) is 2.19. The minimum atomic E-state index is -4.81. The molecule has 0 unspecified atom stereocenters. The van der Waals surface area contributed by atoms with Crippen molar-refractivity contribution < 1.29 is 47.3 Å². The van der Waals surface area contributed by atoms with Gasteiger partial charge in [-0.1, -0.05) is 6.58 Å². The summed E-state index contributed by atoms with van der Waals surface area (Å²) >= 11 is 0. The molecule has 0 aromatic carbocycles. The lowest BCUT2D eigenvalue weighted by Gasteiger charge is -2.18. The van der Waals surface area contributed by atoms with Crippen LogP contribution in [0.2, 0.25) is 0 Å². The fraction of sp³-hybridized carbons (Fsp3) is 0.571. The fourth-order valence-electron chi connectivity index (χ4n) is 0.729. The van der Waals surface area contributed by atoms with Crippen LogP contribution in [0.25, 0.3) is 0 Å². The first-order valence-electron chi connectivity index (χ1n) is 4.67. The summed E-state index contributed by atoms with van der Waals surface area (Å²) in [7, 11) is -9.63. The topological polar surface area (TPSA) is 160 Å². The molecule has 0 aliphatic heterocycles. The van der Waals surface area contributed by atoms with E-state index < -0.39 is 40.9 Å². The van der Waals surface area contributed by atoms with Crippen LogP contribution in [0.4, 0.5) is 0 Å². The predicted octanol–water partition coefficient (Wildman–Crippen LogP) is -0.307. The molecule has 4 N–H and O–H groups in total. The Kier molecular flexibility index (Phi) is 7.06. The monoisotopic (exact) mass is 320 g/mol. The quantitative estimate of drug-likeness (QED) is 0.265.